The molecule has 2 aromatic rings. The van der Waals surface area contributed by atoms with Crippen molar-refractivity contribution in [3.05, 3.63) is 48.6 Å². The summed E-state index contributed by atoms with van der Waals surface area (Å²) in [6.07, 6.45) is 4.10. The van der Waals surface area contributed by atoms with Crippen molar-refractivity contribution in [2.45, 2.75) is 115 Å². The van der Waals surface area contributed by atoms with Crippen LogP contribution in [0.25, 0.3) is 10.8 Å². The summed E-state index contributed by atoms with van der Waals surface area (Å²) in [7, 11) is -2.82. The van der Waals surface area contributed by atoms with Crippen molar-refractivity contribution in [3.8, 4) is 11.5 Å². The zero-order chi connectivity index (χ0) is 38.3. The number of hydrogen-bond acceptors (Lipinski definition) is 10. The first-order chi connectivity index (χ1) is 25.0. The van der Waals surface area contributed by atoms with Crippen LogP contribution in [-0.4, -0.2) is 86.7 Å². The van der Waals surface area contributed by atoms with Crippen LogP contribution in [0, 0.1) is 18.3 Å². The number of carbonyl (C=O) groups excluding carboxylic acids is 4. The maximum absolute atomic E-state index is 14.6. The number of alkyl carbamates (subject to hydrolysis) is 1. The van der Waals surface area contributed by atoms with E-state index in [0.717, 1.165) is 47.8 Å². The maximum atomic E-state index is 14.6. The van der Waals surface area contributed by atoms with Gasteiger partial charge in [-0.15, -0.1) is 6.58 Å². The largest absolute Gasteiger partial charge is 0.496 e. The first kappa shape index (κ1) is 38.4. The monoisotopic (exact) mass is 754 g/mol. The molecule has 14 nitrogen and oxygen atoms in total. The van der Waals surface area contributed by atoms with E-state index in [4.69, 9.17) is 18.4 Å². The van der Waals surface area contributed by atoms with Gasteiger partial charge in [0.05, 0.1) is 19.8 Å². The van der Waals surface area contributed by atoms with Crippen LogP contribution in [0.3, 0.4) is 0 Å². The number of benzene rings is 2. The number of amides is 4. The van der Waals surface area contributed by atoms with Crippen LogP contribution in [0.5, 0.6) is 11.5 Å². The minimum absolute atomic E-state index is 0.0118. The molecule has 4 amide bonds. The maximum Gasteiger partial charge on any atom is 0.408 e. The Bertz CT molecular complexity index is 1880. The SMILES string of the molecule is C=C[C@@H]1C[C@]1(NC(=O)C1CC(Oc2cccc3c(C)c(OC)ccc23)CN1C(=O)C(NC(=O)OC1CCCC1)C(C)(C)C)C(=O)NS(=O)(=O)OC1CC1. The fourth-order valence-corrected chi connectivity index (χ4v) is 8.38. The molecular weight excluding hydrogens is 705 g/mol. The highest BCUT2D eigenvalue weighted by atomic mass is 32.2. The molecule has 15 heteroatoms. The second-order valence-electron chi connectivity index (χ2n) is 15.7. The third kappa shape index (κ3) is 8.40. The molecule has 5 atom stereocenters. The molecule has 53 heavy (non-hydrogen) atoms. The lowest BCUT2D eigenvalue weighted by molar-refractivity contribution is -0.143. The standard InChI is InChI=1S/C38H50N4O10S/c1-7-23-20-38(23,35(45)41-53(47,48)52-25-15-16-25)40-33(43)29-19-26(50-31-14-10-13-27-22(2)30(49-6)18-17-28(27)31)21-42(29)34(44)32(37(3,4)5)39-36(46)51-24-11-8-9-12-24/h7,10,13-14,17-18,23-26,29,32H,1,8-9,11-12,15-16,19-21H2,2-6H3,(H,39,46)(H,40,43)(H,41,45)/t23-,26?,29?,32?,38-/m1/s1. The van der Waals surface area contributed by atoms with Crippen molar-refractivity contribution in [3.63, 3.8) is 0 Å². The molecule has 1 aliphatic heterocycles. The number of ether oxygens (including phenoxy) is 3. The summed E-state index contributed by atoms with van der Waals surface area (Å²) in [5.41, 5.74) is -1.49. The zero-order valence-corrected chi connectivity index (χ0v) is 31.8. The molecule has 1 heterocycles. The predicted molar refractivity (Wildman–Crippen MR) is 195 cm³/mol. The number of nitrogens with zero attached hydrogens (tertiary/aromatic N) is 1. The normalized spacial score (nSPS) is 25.0. The second kappa shape index (κ2) is 14.8. The van der Waals surface area contributed by atoms with Crippen molar-refractivity contribution in [1.29, 1.82) is 0 Å². The highest BCUT2D eigenvalue weighted by molar-refractivity contribution is 7.85. The Hall–Kier alpha value is -4.37. The van der Waals surface area contributed by atoms with E-state index in [1.54, 1.807) is 27.9 Å². The number of carbonyl (C=O) groups is 4. The minimum Gasteiger partial charge on any atom is -0.496 e. The van der Waals surface area contributed by atoms with E-state index in [-0.39, 0.29) is 25.5 Å². The van der Waals surface area contributed by atoms with Crippen LogP contribution in [0.1, 0.15) is 77.7 Å². The van der Waals surface area contributed by atoms with Crippen LogP contribution in [0.4, 0.5) is 4.79 Å². The smallest absolute Gasteiger partial charge is 0.408 e. The van der Waals surface area contributed by atoms with Crippen molar-refractivity contribution >= 4 is 44.9 Å². The Morgan fingerprint density at radius 2 is 1.70 bits per heavy atom. The highest BCUT2D eigenvalue weighted by Crippen LogP contribution is 2.45. The third-order valence-corrected chi connectivity index (χ3v) is 11.6. The van der Waals surface area contributed by atoms with Gasteiger partial charge in [-0.25, -0.2) is 9.52 Å². The molecular formula is C38H50N4O10S. The number of hydrogen-bond donors (Lipinski definition) is 3. The predicted octanol–water partition coefficient (Wildman–Crippen LogP) is 4.19. The van der Waals surface area contributed by atoms with E-state index in [2.05, 4.69) is 17.2 Å². The van der Waals surface area contributed by atoms with Gasteiger partial charge in [0.15, 0.2) is 0 Å². The Balaban J connectivity index is 1.27. The van der Waals surface area contributed by atoms with Crippen molar-refractivity contribution in [2.75, 3.05) is 13.7 Å². The number of aryl methyl sites for hydroxylation is 1. The Labute approximate surface area is 310 Å². The van der Waals surface area contributed by atoms with Gasteiger partial charge in [-0.05, 0) is 86.4 Å². The number of fused-ring (bicyclic) bond motifs is 1. The molecule has 3 saturated carbocycles. The number of methoxy groups -OCH3 is 1. The molecule has 1 saturated heterocycles. The van der Waals surface area contributed by atoms with Gasteiger partial charge in [0, 0.05) is 17.7 Å². The Morgan fingerprint density at radius 3 is 2.32 bits per heavy atom. The molecule has 0 radical (unpaired) electrons. The summed E-state index contributed by atoms with van der Waals surface area (Å²) in [5.74, 6) is -1.46. The zero-order valence-electron chi connectivity index (χ0n) is 30.9. The fraction of sp³-hybridized carbons (Fsp3) is 0.579. The van der Waals surface area contributed by atoms with Crippen LogP contribution >= 0.6 is 0 Å². The minimum atomic E-state index is -4.42. The van der Waals surface area contributed by atoms with Crippen molar-refractivity contribution < 1.29 is 46.0 Å². The molecule has 0 bridgehead atoms. The molecule has 2 aromatic carbocycles. The molecule has 0 spiro atoms. The number of nitrogens with one attached hydrogen (secondary N) is 3. The molecule has 3 N–H and O–H groups in total. The van der Waals surface area contributed by atoms with Gasteiger partial charge in [0.25, 0.3) is 5.91 Å². The first-order valence-corrected chi connectivity index (χ1v) is 19.7. The summed E-state index contributed by atoms with van der Waals surface area (Å²) in [6, 6.07) is 7.14. The lowest BCUT2D eigenvalue weighted by Gasteiger charge is -2.35. The quantitative estimate of drug-likeness (QED) is 0.251. The molecule has 3 unspecified atom stereocenters. The van der Waals surface area contributed by atoms with E-state index in [1.807, 2.05) is 42.0 Å². The fourth-order valence-electron chi connectivity index (χ4n) is 7.37. The van der Waals surface area contributed by atoms with Gasteiger partial charge < -0.3 is 29.7 Å². The Kier molecular flexibility index (Phi) is 10.7. The summed E-state index contributed by atoms with van der Waals surface area (Å²) in [5, 5.41) is 7.27. The van der Waals surface area contributed by atoms with Gasteiger partial charge in [-0.3, -0.25) is 18.6 Å². The molecule has 6 rings (SSSR count). The van der Waals surface area contributed by atoms with Gasteiger partial charge in [0.1, 0.15) is 41.3 Å². The van der Waals surface area contributed by atoms with Crippen molar-refractivity contribution in [1.82, 2.24) is 20.3 Å². The highest BCUT2D eigenvalue weighted by Gasteiger charge is 2.62. The van der Waals surface area contributed by atoms with E-state index < -0.39 is 75.3 Å². The molecule has 4 aliphatic rings. The van der Waals surface area contributed by atoms with Gasteiger partial charge >= 0.3 is 16.4 Å². The molecule has 4 fully saturated rings. The van der Waals surface area contributed by atoms with Gasteiger partial charge in [-0.2, -0.15) is 8.42 Å². The molecule has 0 aromatic heterocycles. The third-order valence-electron chi connectivity index (χ3n) is 10.6. The van der Waals surface area contributed by atoms with Crippen LogP contribution < -0.4 is 24.8 Å². The average molecular weight is 755 g/mol. The van der Waals surface area contributed by atoms with E-state index >= 15 is 0 Å². The summed E-state index contributed by atoms with van der Waals surface area (Å²) in [4.78, 5) is 56.8. The average Bonchev–Trinajstić information content (AvgIpc) is 3.92. The van der Waals surface area contributed by atoms with Crippen LogP contribution in [0.15, 0.2) is 43.0 Å². The summed E-state index contributed by atoms with van der Waals surface area (Å²) in [6.45, 7) is 11.1. The lowest BCUT2D eigenvalue weighted by Crippen LogP contribution is -2.60. The van der Waals surface area contributed by atoms with Gasteiger partial charge in [0.2, 0.25) is 11.8 Å². The lowest BCUT2D eigenvalue weighted by atomic mass is 9.85. The molecule has 3 aliphatic carbocycles. The number of likely N-dealkylation sites (tertiary alicyclic amines) is 1. The summed E-state index contributed by atoms with van der Waals surface area (Å²) < 4.78 is 49.8. The number of rotatable bonds is 13. The molecule has 288 valence electrons. The van der Waals surface area contributed by atoms with E-state index in [1.165, 1.54) is 11.0 Å². The topological polar surface area (TPSA) is 179 Å². The Morgan fingerprint density at radius 1 is 0.981 bits per heavy atom. The summed E-state index contributed by atoms with van der Waals surface area (Å²) >= 11 is 0. The van der Waals surface area contributed by atoms with E-state index in [9.17, 15) is 27.6 Å². The first-order valence-electron chi connectivity index (χ1n) is 18.3. The van der Waals surface area contributed by atoms with Gasteiger partial charge in [-0.1, -0.05) is 39.0 Å². The van der Waals surface area contributed by atoms with E-state index in [0.29, 0.717) is 18.6 Å². The van der Waals surface area contributed by atoms with Crippen LogP contribution in [0.2, 0.25) is 0 Å². The van der Waals surface area contributed by atoms with Crippen LogP contribution in [-0.2, 0) is 33.6 Å². The second-order valence-corrected chi connectivity index (χ2v) is 17.0. The van der Waals surface area contributed by atoms with Crippen molar-refractivity contribution in [2.24, 2.45) is 11.3 Å².